The first kappa shape index (κ1) is 13.2. The van der Waals surface area contributed by atoms with Crippen LogP contribution in [0.3, 0.4) is 0 Å². The van der Waals surface area contributed by atoms with Gasteiger partial charge < -0.3 is 5.11 Å². The van der Waals surface area contributed by atoms with Crippen LogP contribution in [0.25, 0.3) is 0 Å². The highest BCUT2D eigenvalue weighted by molar-refractivity contribution is 7.10. The van der Waals surface area contributed by atoms with Crippen molar-refractivity contribution in [3.05, 3.63) is 38.5 Å². The number of aliphatic hydroxyl groups excluding tert-OH is 1. The molecule has 0 radical (unpaired) electrons. The van der Waals surface area contributed by atoms with E-state index < -0.39 is 0 Å². The molecule has 0 aromatic carbocycles. The Morgan fingerprint density at radius 1 is 1.44 bits per heavy atom. The Morgan fingerprint density at radius 2 is 2.33 bits per heavy atom. The molecule has 0 unspecified atom stereocenters. The molecule has 2 rings (SSSR count). The molecule has 0 fully saturated rings. The first-order valence-electron chi connectivity index (χ1n) is 5.51. The molecule has 0 aliphatic rings. The van der Waals surface area contributed by atoms with Crippen LogP contribution in [-0.2, 0) is 13.1 Å². The van der Waals surface area contributed by atoms with Gasteiger partial charge >= 0.3 is 0 Å². The van der Waals surface area contributed by atoms with E-state index in [2.05, 4.69) is 34.2 Å². The van der Waals surface area contributed by atoms with Gasteiger partial charge in [-0.3, -0.25) is 4.90 Å². The summed E-state index contributed by atoms with van der Waals surface area (Å²) in [5, 5.41) is 12.8. The Kier molecular flexibility index (Phi) is 4.90. The Labute approximate surface area is 115 Å². The summed E-state index contributed by atoms with van der Waals surface area (Å²) < 4.78 is 0. The molecule has 2 aromatic rings. The van der Waals surface area contributed by atoms with Gasteiger partial charge in [0, 0.05) is 28.9 Å². The molecule has 0 atom stereocenters. The first-order valence-corrected chi connectivity index (χ1v) is 7.33. The van der Waals surface area contributed by atoms with Gasteiger partial charge in [0.2, 0.25) is 0 Å². The molecule has 0 aliphatic heterocycles. The van der Waals surface area contributed by atoms with Crippen LogP contribution < -0.4 is 0 Å². The number of nitrogens with zero attached hydrogens (tertiary/aromatic N) is 2. The molecule has 0 spiro atoms. The lowest BCUT2D eigenvalue weighted by atomic mass is 10.2. The molecule has 0 saturated carbocycles. The van der Waals surface area contributed by atoms with Crippen molar-refractivity contribution < 1.29 is 5.11 Å². The summed E-state index contributed by atoms with van der Waals surface area (Å²) in [4.78, 5) is 7.72. The SMILES string of the molecule is CN(Cc1cscn1)Cc1sccc1C#CCO. The summed E-state index contributed by atoms with van der Waals surface area (Å²) in [6, 6.07) is 2.00. The van der Waals surface area contributed by atoms with E-state index in [0.29, 0.717) is 0 Å². The maximum atomic E-state index is 8.72. The lowest BCUT2D eigenvalue weighted by Gasteiger charge is -2.14. The van der Waals surface area contributed by atoms with Gasteiger partial charge in [-0.15, -0.1) is 22.7 Å². The van der Waals surface area contributed by atoms with E-state index >= 15 is 0 Å². The van der Waals surface area contributed by atoms with Crippen molar-refractivity contribution in [3.8, 4) is 11.8 Å². The molecule has 94 valence electrons. The van der Waals surface area contributed by atoms with Gasteiger partial charge in [0.05, 0.1) is 11.2 Å². The topological polar surface area (TPSA) is 36.4 Å². The van der Waals surface area contributed by atoms with Crippen LogP contribution in [0, 0.1) is 11.8 Å². The van der Waals surface area contributed by atoms with Crippen molar-refractivity contribution in [3.63, 3.8) is 0 Å². The lowest BCUT2D eigenvalue weighted by Crippen LogP contribution is -2.17. The van der Waals surface area contributed by atoms with Gasteiger partial charge in [-0.25, -0.2) is 4.98 Å². The van der Waals surface area contributed by atoms with Crippen LogP contribution in [0.15, 0.2) is 22.3 Å². The third-order valence-electron chi connectivity index (χ3n) is 2.38. The average Bonchev–Trinajstić information content (AvgIpc) is 2.98. The molecular weight excluding hydrogens is 264 g/mol. The van der Waals surface area contributed by atoms with Crippen LogP contribution in [0.2, 0.25) is 0 Å². The largest absolute Gasteiger partial charge is 0.384 e. The second-order valence-electron chi connectivity index (χ2n) is 3.87. The minimum Gasteiger partial charge on any atom is -0.384 e. The molecule has 0 saturated heterocycles. The van der Waals surface area contributed by atoms with Crippen LogP contribution in [0.4, 0.5) is 0 Å². The van der Waals surface area contributed by atoms with Gasteiger partial charge in [-0.2, -0.15) is 0 Å². The Morgan fingerprint density at radius 3 is 3.06 bits per heavy atom. The zero-order valence-corrected chi connectivity index (χ0v) is 11.7. The van der Waals surface area contributed by atoms with Crippen LogP contribution in [0.5, 0.6) is 0 Å². The third kappa shape index (κ3) is 3.65. The Hall–Kier alpha value is -1.19. The number of aromatic nitrogens is 1. The minimum absolute atomic E-state index is 0.0933. The van der Waals surface area contributed by atoms with Crippen molar-refractivity contribution in [2.75, 3.05) is 13.7 Å². The second kappa shape index (κ2) is 6.66. The van der Waals surface area contributed by atoms with Crippen molar-refractivity contribution in [1.82, 2.24) is 9.88 Å². The molecule has 0 aliphatic carbocycles. The number of thiazole rings is 1. The number of rotatable bonds is 4. The first-order chi connectivity index (χ1) is 8.79. The molecule has 0 bridgehead atoms. The summed E-state index contributed by atoms with van der Waals surface area (Å²) in [6.45, 7) is 1.60. The quantitative estimate of drug-likeness (QED) is 0.871. The van der Waals surface area contributed by atoms with E-state index in [1.165, 1.54) is 4.88 Å². The smallest absolute Gasteiger partial charge is 0.104 e. The van der Waals surface area contributed by atoms with E-state index in [1.54, 1.807) is 22.7 Å². The van der Waals surface area contributed by atoms with Gasteiger partial charge in [-0.1, -0.05) is 11.8 Å². The van der Waals surface area contributed by atoms with Crippen LogP contribution in [-0.4, -0.2) is 28.6 Å². The molecule has 5 heteroatoms. The number of hydrogen-bond acceptors (Lipinski definition) is 5. The average molecular weight is 278 g/mol. The van der Waals surface area contributed by atoms with Crippen molar-refractivity contribution >= 4 is 22.7 Å². The maximum absolute atomic E-state index is 8.72. The maximum Gasteiger partial charge on any atom is 0.104 e. The highest BCUT2D eigenvalue weighted by Crippen LogP contribution is 2.18. The van der Waals surface area contributed by atoms with Crippen LogP contribution >= 0.6 is 22.7 Å². The van der Waals surface area contributed by atoms with E-state index in [-0.39, 0.29) is 6.61 Å². The number of aliphatic hydroxyl groups is 1. The number of thiophene rings is 1. The summed E-state index contributed by atoms with van der Waals surface area (Å²) in [7, 11) is 2.07. The summed E-state index contributed by atoms with van der Waals surface area (Å²) in [5.74, 6) is 5.67. The van der Waals surface area contributed by atoms with E-state index in [0.717, 1.165) is 24.3 Å². The van der Waals surface area contributed by atoms with Gasteiger partial charge in [0.1, 0.15) is 6.61 Å². The lowest BCUT2D eigenvalue weighted by molar-refractivity contribution is 0.318. The summed E-state index contributed by atoms with van der Waals surface area (Å²) in [5.41, 5.74) is 3.97. The molecule has 1 N–H and O–H groups in total. The van der Waals surface area contributed by atoms with E-state index in [9.17, 15) is 0 Å². The van der Waals surface area contributed by atoms with Gasteiger partial charge in [-0.05, 0) is 18.5 Å². The predicted octanol–water partition coefficient (Wildman–Crippen LogP) is 2.18. The van der Waals surface area contributed by atoms with Gasteiger partial charge in [0.25, 0.3) is 0 Å². The highest BCUT2D eigenvalue weighted by Gasteiger charge is 2.07. The molecule has 2 heterocycles. The molecular formula is C13H14N2OS2. The summed E-state index contributed by atoms with van der Waals surface area (Å²) >= 11 is 3.32. The Bertz CT molecular complexity index is 537. The monoisotopic (exact) mass is 278 g/mol. The molecule has 0 amide bonds. The predicted molar refractivity (Wildman–Crippen MR) is 75.6 cm³/mol. The number of hydrogen-bond donors (Lipinski definition) is 1. The minimum atomic E-state index is -0.0933. The third-order valence-corrected chi connectivity index (χ3v) is 3.92. The van der Waals surface area contributed by atoms with Gasteiger partial charge in [0.15, 0.2) is 0 Å². The second-order valence-corrected chi connectivity index (χ2v) is 5.59. The molecule has 18 heavy (non-hydrogen) atoms. The highest BCUT2D eigenvalue weighted by atomic mass is 32.1. The van der Waals surface area contributed by atoms with Crippen molar-refractivity contribution in [2.45, 2.75) is 13.1 Å². The normalized spacial score (nSPS) is 10.4. The van der Waals surface area contributed by atoms with Crippen molar-refractivity contribution in [2.24, 2.45) is 0 Å². The van der Waals surface area contributed by atoms with Crippen LogP contribution in [0.1, 0.15) is 16.1 Å². The zero-order chi connectivity index (χ0) is 12.8. The standard InChI is InChI=1S/C13H14N2OS2/c1-15(7-12-9-17-10-14-12)8-13-11(3-2-5-16)4-6-18-13/h4,6,9-10,16H,5,7-8H2,1H3. The van der Waals surface area contributed by atoms with E-state index in [1.807, 2.05) is 17.0 Å². The molecule has 3 nitrogen and oxygen atoms in total. The Balaban J connectivity index is 1.98. The van der Waals surface area contributed by atoms with E-state index in [4.69, 9.17) is 5.11 Å². The fourth-order valence-electron chi connectivity index (χ4n) is 1.60. The molecule has 2 aromatic heterocycles. The fourth-order valence-corrected chi connectivity index (χ4v) is 3.06. The fraction of sp³-hybridized carbons (Fsp3) is 0.308. The zero-order valence-electron chi connectivity index (χ0n) is 10.1. The summed E-state index contributed by atoms with van der Waals surface area (Å²) in [6.07, 6.45) is 0. The van der Waals surface area contributed by atoms with Crippen molar-refractivity contribution in [1.29, 1.82) is 0 Å².